The average Bonchev–Trinajstić information content (AvgIpc) is 2.80. The molecule has 0 radical (unpaired) electrons. The Kier molecular flexibility index (Phi) is 3.83. The van der Waals surface area contributed by atoms with Crippen molar-refractivity contribution < 1.29 is 0 Å². The second-order valence-corrected chi connectivity index (χ2v) is 6.58. The van der Waals surface area contributed by atoms with Crippen LogP contribution in [0.3, 0.4) is 0 Å². The summed E-state index contributed by atoms with van der Waals surface area (Å²) in [5.41, 5.74) is 1.93. The van der Waals surface area contributed by atoms with Gasteiger partial charge in [0.25, 0.3) is 5.56 Å². The van der Waals surface area contributed by atoms with Crippen molar-refractivity contribution in [3.8, 4) is 0 Å². The number of nitrogens with one attached hydrogen (secondary N) is 1. The Morgan fingerprint density at radius 3 is 3.00 bits per heavy atom. The molecule has 0 spiro atoms. The Labute approximate surface area is 129 Å². The Hall–Kier alpha value is -1.30. The molecule has 20 heavy (non-hydrogen) atoms. The van der Waals surface area contributed by atoms with Gasteiger partial charge in [0.05, 0.1) is 5.39 Å². The van der Waals surface area contributed by atoms with Gasteiger partial charge in [-0.1, -0.05) is 41.6 Å². The minimum Gasteiger partial charge on any atom is -0.301 e. The first-order chi connectivity index (χ1) is 9.65. The highest BCUT2D eigenvalue weighted by Crippen LogP contribution is 2.26. The van der Waals surface area contributed by atoms with E-state index in [9.17, 15) is 4.79 Å². The van der Waals surface area contributed by atoms with Crippen LogP contribution >= 0.6 is 34.7 Å². The zero-order valence-corrected chi connectivity index (χ0v) is 13.0. The van der Waals surface area contributed by atoms with Crippen LogP contribution in [0.2, 0.25) is 5.02 Å². The SMILES string of the molecule is Cc1csc2nc(SCc3ccccc3Cl)[nH]c(=O)c12. The monoisotopic (exact) mass is 322 g/mol. The van der Waals surface area contributed by atoms with Gasteiger partial charge in [0.1, 0.15) is 4.83 Å². The van der Waals surface area contributed by atoms with E-state index in [-0.39, 0.29) is 5.56 Å². The van der Waals surface area contributed by atoms with Crippen LogP contribution < -0.4 is 5.56 Å². The number of halogens is 1. The van der Waals surface area contributed by atoms with E-state index in [1.807, 2.05) is 36.6 Å². The number of fused-ring (bicyclic) bond motifs is 1. The summed E-state index contributed by atoms with van der Waals surface area (Å²) >= 11 is 9.09. The maximum Gasteiger partial charge on any atom is 0.260 e. The van der Waals surface area contributed by atoms with Gasteiger partial charge in [-0.25, -0.2) is 4.98 Å². The Bertz CT molecular complexity index is 825. The molecule has 0 unspecified atom stereocenters. The van der Waals surface area contributed by atoms with Crippen molar-refractivity contribution in [2.45, 2.75) is 17.8 Å². The number of H-pyrrole nitrogens is 1. The molecule has 2 aromatic heterocycles. The zero-order valence-electron chi connectivity index (χ0n) is 10.6. The number of aromatic nitrogens is 2. The predicted molar refractivity (Wildman–Crippen MR) is 86.0 cm³/mol. The van der Waals surface area contributed by atoms with Crippen LogP contribution in [-0.4, -0.2) is 9.97 Å². The number of aromatic amines is 1. The number of thioether (sulfide) groups is 1. The van der Waals surface area contributed by atoms with Gasteiger partial charge in [0, 0.05) is 10.8 Å². The van der Waals surface area contributed by atoms with Gasteiger partial charge in [0.2, 0.25) is 0 Å². The van der Waals surface area contributed by atoms with Crippen molar-refractivity contribution in [3.63, 3.8) is 0 Å². The lowest BCUT2D eigenvalue weighted by molar-refractivity contribution is 0.978. The van der Waals surface area contributed by atoms with Crippen molar-refractivity contribution in [1.82, 2.24) is 9.97 Å². The molecule has 0 bridgehead atoms. The highest BCUT2D eigenvalue weighted by Gasteiger charge is 2.09. The lowest BCUT2D eigenvalue weighted by Crippen LogP contribution is -2.08. The van der Waals surface area contributed by atoms with Crippen molar-refractivity contribution in [3.05, 3.63) is 56.1 Å². The van der Waals surface area contributed by atoms with Crippen molar-refractivity contribution in [2.75, 3.05) is 0 Å². The lowest BCUT2D eigenvalue weighted by Gasteiger charge is -2.03. The summed E-state index contributed by atoms with van der Waals surface area (Å²) in [6.07, 6.45) is 0. The first-order valence-corrected chi connectivity index (χ1v) is 8.24. The largest absolute Gasteiger partial charge is 0.301 e. The molecule has 1 aromatic carbocycles. The first kappa shape index (κ1) is 13.7. The van der Waals surface area contributed by atoms with Gasteiger partial charge in [-0.2, -0.15) is 0 Å². The van der Waals surface area contributed by atoms with Crippen molar-refractivity contribution in [1.29, 1.82) is 0 Å². The molecule has 3 nitrogen and oxygen atoms in total. The maximum absolute atomic E-state index is 12.0. The van der Waals surface area contributed by atoms with Crippen molar-refractivity contribution >= 4 is 44.9 Å². The zero-order chi connectivity index (χ0) is 14.1. The molecule has 0 aliphatic carbocycles. The highest BCUT2D eigenvalue weighted by molar-refractivity contribution is 7.98. The molecule has 3 rings (SSSR count). The van der Waals surface area contributed by atoms with Gasteiger partial charge in [0.15, 0.2) is 5.16 Å². The second-order valence-electron chi connectivity index (χ2n) is 4.35. The van der Waals surface area contributed by atoms with Gasteiger partial charge >= 0.3 is 0 Å². The fraction of sp³-hybridized carbons (Fsp3) is 0.143. The Morgan fingerprint density at radius 1 is 1.40 bits per heavy atom. The first-order valence-electron chi connectivity index (χ1n) is 5.99. The minimum absolute atomic E-state index is 0.0737. The van der Waals surface area contributed by atoms with Crippen LogP contribution in [0.4, 0.5) is 0 Å². The van der Waals surface area contributed by atoms with Gasteiger partial charge in [-0.05, 0) is 29.5 Å². The smallest absolute Gasteiger partial charge is 0.260 e. The van der Waals surface area contributed by atoms with Crippen LogP contribution in [0.5, 0.6) is 0 Å². The van der Waals surface area contributed by atoms with Crippen LogP contribution in [0, 0.1) is 6.92 Å². The Morgan fingerprint density at radius 2 is 2.20 bits per heavy atom. The molecule has 0 saturated heterocycles. The summed E-state index contributed by atoms with van der Waals surface area (Å²) in [5.74, 6) is 0.679. The third kappa shape index (κ3) is 2.61. The molecule has 1 N–H and O–H groups in total. The fourth-order valence-electron chi connectivity index (χ4n) is 1.90. The quantitative estimate of drug-likeness (QED) is 0.579. The summed E-state index contributed by atoms with van der Waals surface area (Å²) in [5, 5.41) is 4.01. The van der Waals surface area contributed by atoms with E-state index in [0.29, 0.717) is 16.3 Å². The molecule has 3 aromatic rings. The van der Waals surface area contributed by atoms with E-state index >= 15 is 0 Å². The average molecular weight is 323 g/mol. The number of hydrogen-bond acceptors (Lipinski definition) is 4. The van der Waals surface area contributed by atoms with E-state index in [2.05, 4.69) is 9.97 Å². The topological polar surface area (TPSA) is 45.8 Å². The van der Waals surface area contributed by atoms with E-state index in [1.165, 1.54) is 23.1 Å². The standard InChI is InChI=1S/C14H11ClN2OS2/c1-8-6-19-13-11(8)12(18)16-14(17-13)20-7-9-4-2-3-5-10(9)15/h2-6H,7H2,1H3,(H,16,17,18). The lowest BCUT2D eigenvalue weighted by atomic mass is 10.2. The molecule has 6 heteroatoms. The predicted octanol–water partition coefficient (Wildman–Crippen LogP) is 4.24. The molecule has 0 aliphatic heterocycles. The molecule has 2 heterocycles. The molecule has 0 fully saturated rings. The maximum atomic E-state index is 12.0. The second kappa shape index (κ2) is 5.60. The Balaban J connectivity index is 1.89. The molecular weight excluding hydrogens is 312 g/mol. The fourth-order valence-corrected chi connectivity index (χ4v) is 4.02. The summed E-state index contributed by atoms with van der Waals surface area (Å²) in [6.45, 7) is 1.92. The van der Waals surface area contributed by atoms with E-state index in [1.54, 1.807) is 0 Å². The number of nitrogens with zero attached hydrogens (tertiary/aromatic N) is 1. The molecule has 0 aliphatic rings. The van der Waals surface area contributed by atoms with Crippen LogP contribution in [0.25, 0.3) is 10.2 Å². The van der Waals surface area contributed by atoms with Gasteiger partial charge < -0.3 is 4.98 Å². The molecular formula is C14H11ClN2OS2. The molecule has 0 amide bonds. The number of hydrogen-bond donors (Lipinski definition) is 1. The van der Waals surface area contributed by atoms with Crippen LogP contribution in [0.15, 0.2) is 39.6 Å². The normalized spacial score (nSPS) is 11.1. The minimum atomic E-state index is -0.0737. The summed E-state index contributed by atoms with van der Waals surface area (Å²) < 4.78 is 0. The molecule has 0 atom stereocenters. The summed E-state index contributed by atoms with van der Waals surface area (Å²) in [7, 11) is 0. The van der Waals surface area contributed by atoms with Gasteiger partial charge in [-0.15, -0.1) is 11.3 Å². The third-order valence-corrected chi connectivity index (χ3v) is 5.21. The van der Waals surface area contributed by atoms with Crippen LogP contribution in [0.1, 0.15) is 11.1 Å². The summed E-state index contributed by atoms with van der Waals surface area (Å²) in [4.78, 5) is 20.1. The third-order valence-electron chi connectivity index (χ3n) is 2.93. The highest BCUT2D eigenvalue weighted by atomic mass is 35.5. The number of rotatable bonds is 3. The number of thiophene rings is 1. The summed E-state index contributed by atoms with van der Waals surface area (Å²) in [6, 6.07) is 7.68. The van der Waals surface area contributed by atoms with Crippen LogP contribution in [-0.2, 0) is 5.75 Å². The van der Waals surface area contributed by atoms with Crippen molar-refractivity contribution in [2.24, 2.45) is 0 Å². The van der Waals surface area contributed by atoms with E-state index < -0.39 is 0 Å². The van der Waals surface area contributed by atoms with E-state index in [0.717, 1.165) is 21.0 Å². The van der Waals surface area contributed by atoms with Gasteiger partial charge in [-0.3, -0.25) is 4.79 Å². The van der Waals surface area contributed by atoms with E-state index in [4.69, 9.17) is 11.6 Å². The molecule has 0 saturated carbocycles. The number of aryl methyl sites for hydroxylation is 1. The number of benzene rings is 1. The molecule has 102 valence electrons.